The number of fused-ring (bicyclic) bond motifs is 1. The SMILES string of the molecule is CCOc1ccc(CSc2ccnc3c2ccn3C(=O)OC(C)(C)C)cc1. The molecule has 0 bridgehead atoms. The molecule has 5 nitrogen and oxygen atoms in total. The Kier molecular flexibility index (Phi) is 5.75. The number of thioether (sulfide) groups is 1. The maximum atomic E-state index is 12.4. The molecule has 2 heterocycles. The summed E-state index contributed by atoms with van der Waals surface area (Å²) in [6.45, 7) is 8.19. The van der Waals surface area contributed by atoms with E-state index in [-0.39, 0.29) is 0 Å². The van der Waals surface area contributed by atoms with Crippen LogP contribution in [-0.4, -0.2) is 27.9 Å². The first-order valence-corrected chi connectivity index (χ1v) is 9.90. The molecule has 3 aromatic rings. The molecule has 0 aliphatic heterocycles. The zero-order valence-electron chi connectivity index (χ0n) is 16.1. The molecule has 0 N–H and O–H groups in total. The van der Waals surface area contributed by atoms with Crippen molar-refractivity contribution in [2.75, 3.05) is 6.61 Å². The van der Waals surface area contributed by atoms with Crippen molar-refractivity contribution in [3.05, 3.63) is 54.4 Å². The molecular weight excluding hydrogens is 360 g/mol. The second-order valence-electron chi connectivity index (χ2n) is 7.08. The maximum Gasteiger partial charge on any atom is 0.420 e. The summed E-state index contributed by atoms with van der Waals surface area (Å²) in [5.41, 5.74) is 1.27. The largest absolute Gasteiger partial charge is 0.494 e. The summed E-state index contributed by atoms with van der Waals surface area (Å²) in [5, 5.41) is 0.944. The molecule has 0 aliphatic carbocycles. The number of hydrogen-bond acceptors (Lipinski definition) is 5. The molecule has 0 saturated heterocycles. The van der Waals surface area contributed by atoms with Crippen molar-refractivity contribution >= 4 is 28.9 Å². The van der Waals surface area contributed by atoms with Crippen molar-refractivity contribution in [3.63, 3.8) is 0 Å². The van der Waals surface area contributed by atoms with Crippen molar-refractivity contribution in [2.24, 2.45) is 0 Å². The molecule has 3 rings (SSSR count). The third-order valence-corrected chi connectivity index (χ3v) is 4.91. The Morgan fingerprint density at radius 2 is 1.89 bits per heavy atom. The van der Waals surface area contributed by atoms with Gasteiger partial charge in [0, 0.05) is 28.4 Å². The van der Waals surface area contributed by atoms with E-state index >= 15 is 0 Å². The van der Waals surface area contributed by atoms with Gasteiger partial charge in [-0.05, 0) is 57.5 Å². The van der Waals surface area contributed by atoms with Gasteiger partial charge in [-0.25, -0.2) is 14.3 Å². The molecule has 142 valence electrons. The molecule has 0 unspecified atom stereocenters. The smallest absolute Gasteiger partial charge is 0.420 e. The average Bonchev–Trinajstić information content (AvgIpc) is 3.05. The summed E-state index contributed by atoms with van der Waals surface area (Å²) >= 11 is 1.71. The lowest BCUT2D eigenvalue weighted by Gasteiger charge is -2.19. The van der Waals surface area contributed by atoms with Crippen LogP contribution in [0, 0.1) is 0 Å². The second-order valence-corrected chi connectivity index (χ2v) is 8.10. The summed E-state index contributed by atoms with van der Waals surface area (Å²) in [6, 6.07) is 12.0. The number of ether oxygens (including phenoxy) is 2. The fraction of sp³-hybridized carbons (Fsp3) is 0.333. The summed E-state index contributed by atoms with van der Waals surface area (Å²) in [5.74, 6) is 1.70. The van der Waals surface area contributed by atoms with Crippen LogP contribution in [0.3, 0.4) is 0 Å². The first kappa shape index (κ1) is 19.3. The normalized spacial score (nSPS) is 11.6. The molecule has 0 radical (unpaired) electrons. The van der Waals surface area contributed by atoms with Gasteiger partial charge in [-0.1, -0.05) is 12.1 Å². The highest BCUT2D eigenvalue weighted by atomic mass is 32.2. The summed E-state index contributed by atoms with van der Waals surface area (Å²) in [4.78, 5) is 17.8. The quantitative estimate of drug-likeness (QED) is 0.543. The van der Waals surface area contributed by atoms with Crippen LogP contribution in [0.1, 0.15) is 33.3 Å². The zero-order chi connectivity index (χ0) is 19.4. The van der Waals surface area contributed by atoms with Crippen LogP contribution < -0.4 is 4.74 Å². The molecular formula is C21H24N2O3S. The van der Waals surface area contributed by atoms with Crippen LogP contribution in [0.5, 0.6) is 5.75 Å². The van der Waals surface area contributed by atoms with Gasteiger partial charge in [-0.2, -0.15) is 0 Å². The van der Waals surface area contributed by atoms with Crippen LogP contribution >= 0.6 is 11.8 Å². The first-order chi connectivity index (χ1) is 12.9. The van der Waals surface area contributed by atoms with Gasteiger partial charge < -0.3 is 9.47 Å². The lowest BCUT2D eigenvalue weighted by Crippen LogP contribution is -2.26. The van der Waals surface area contributed by atoms with Gasteiger partial charge >= 0.3 is 6.09 Å². The van der Waals surface area contributed by atoms with E-state index < -0.39 is 11.7 Å². The molecule has 0 fully saturated rings. The number of hydrogen-bond donors (Lipinski definition) is 0. The molecule has 0 saturated carbocycles. The minimum Gasteiger partial charge on any atom is -0.494 e. The van der Waals surface area contributed by atoms with Crippen LogP contribution in [-0.2, 0) is 10.5 Å². The minimum absolute atomic E-state index is 0.418. The van der Waals surface area contributed by atoms with Crippen LogP contribution in [0.4, 0.5) is 4.79 Å². The van der Waals surface area contributed by atoms with Gasteiger partial charge in [0.1, 0.15) is 11.4 Å². The Bertz CT molecular complexity index is 927. The Hall–Kier alpha value is -2.47. The third-order valence-electron chi connectivity index (χ3n) is 3.77. The summed E-state index contributed by atoms with van der Waals surface area (Å²) in [7, 11) is 0. The van der Waals surface area contributed by atoms with Crippen LogP contribution in [0.2, 0.25) is 0 Å². The molecule has 6 heteroatoms. The van der Waals surface area contributed by atoms with E-state index in [1.165, 1.54) is 10.1 Å². The predicted octanol–water partition coefficient (Wildman–Crippen LogP) is 5.51. The number of aromatic nitrogens is 2. The number of nitrogens with zero attached hydrogens (tertiary/aromatic N) is 2. The van der Waals surface area contributed by atoms with Crippen molar-refractivity contribution in [2.45, 2.75) is 43.9 Å². The average molecular weight is 385 g/mol. The van der Waals surface area contributed by atoms with Gasteiger partial charge in [0.05, 0.1) is 6.61 Å². The Balaban J connectivity index is 1.77. The lowest BCUT2D eigenvalue weighted by molar-refractivity contribution is 0.0543. The monoisotopic (exact) mass is 384 g/mol. The van der Waals surface area contributed by atoms with E-state index in [9.17, 15) is 4.79 Å². The van der Waals surface area contributed by atoms with Gasteiger partial charge in [0.25, 0.3) is 0 Å². The molecule has 2 aromatic heterocycles. The Labute approximate surface area is 163 Å². The molecule has 0 spiro atoms. The Morgan fingerprint density at radius 1 is 1.15 bits per heavy atom. The first-order valence-electron chi connectivity index (χ1n) is 8.91. The van der Waals surface area contributed by atoms with E-state index in [1.807, 2.05) is 52.0 Å². The fourth-order valence-electron chi connectivity index (χ4n) is 2.61. The minimum atomic E-state index is -0.548. The van der Waals surface area contributed by atoms with Crippen LogP contribution in [0.25, 0.3) is 11.0 Å². The van der Waals surface area contributed by atoms with Gasteiger partial charge in [-0.15, -0.1) is 11.8 Å². The molecule has 1 aromatic carbocycles. The van der Waals surface area contributed by atoms with Gasteiger partial charge in [0.15, 0.2) is 5.65 Å². The van der Waals surface area contributed by atoms with E-state index in [0.717, 1.165) is 21.8 Å². The second kappa shape index (κ2) is 8.05. The van der Waals surface area contributed by atoms with Gasteiger partial charge in [0.2, 0.25) is 0 Å². The van der Waals surface area contributed by atoms with Crippen molar-refractivity contribution < 1.29 is 14.3 Å². The predicted molar refractivity (Wildman–Crippen MR) is 109 cm³/mol. The number of benzene rings is 1. The molecule has 0 atom stereocenters. The molecule has 27 heavy (non-hydrogen) atoms. The maximum absolute atomic E-state index is 12.4. The van der Waals surface area contributed by atoms with E-state index in [0.29, 0.717) is 12.3 Å². The standard InChI is InChI=1S/C21H24N2O3S/c1-5-25-16-8-6-15(7-9-16)14-27-18-10-12-22-19-17(18)11-13-23(19)20(24)26-21(2,3)4/h6-13H,5,14H2,1-4H3. The van der Waals surface area contributed by atoms with E-state index in [1.54, 1.807) is 24.2 Å². The number of carbonyl (C=O) groups excluding carboxylic acids is 1. The fourth-order valence-corrected chi connectivity index (χ4v) is 3.59. The summed E-state index contributed by atoms with van der Waals surface area (Å²) < 4.78 is 12.4. The van der Waals surface area contributed by atoms with E-state index in [2.05, 4.69) is 17.1 Å². The van der Waals surface area contributed by atoms with E-state index in [4.69, 9.17) is 9.47 Å². The number of rotatable bonds is 5. The molecule has 0 amide bonds. The number of pyridine rings is 1. The highest BCUT2D eigenvalue weighted by Crippen LogP contribution is 2.30. The Morgan fingerprint density at radius 3 is 2.56 bits per heavy atom. The van der Waals surface area contributed by atoms with Crippen molar-refractivity contribution in [1.29, 1.82) is 0 Å². The van der Waals surface area contributed by atoms with Gasteiger partial charge in [-0.3, -0.25) is 0 Å². The summed E-state index contributed by atoms with van der Waals surface area (Å²) in [6.07, 6.45) is 3.02. The molecule has 0 aliphatic rings. The van der Waals surface area contributed by atoms with Crippen molar-refractivity contribution in [1.82, 2.24) is 9.55 Å². The third kappa shape index (κ3) is 4.83. The van der Waals surface area contributed by atoms with Crippen LogP contribution in [0.15, 0.2) is 53.7 Å². The highest BCUT2D eigenvalue weighted by Gasteiger charge is 2.20. The highest BCUT2D eigenvalue weighted by molar-refractivity contribution is 7.98. The zero-order valence-corrected chi connectivity index (χ0v) is 16.9. The topological polar surface area (TPSA) is 53.4 Å². The lowest BCUT2D eigenvalue weighted by atomic mass is 10.2. The van der Waals surface area contributed by atoms with Crippen molar-refractivity contribution in [3.8, 4) is 5.75 Å². The number of carbonyl (C=O) groups is 1.